The van der Waals surface area contributed by atoms with Gasteiger partial charge in [0.1, 0.15) is 0 Å². The first kappa shape index (κ1) is 11.5. The van der Waals surface area contributed by atoms with Crippen LogP contribution in [-0.4, -0.2) is 35.1 Å². The summed E-state index contributed by atoms with van der Waals surface area (Å²) in [4.78, 5) is 13.1. The Bertz CT molecular complexity index is 217. The van der Waals surface area contributed by atoms with Crippen LogP contribution < -0.4 is 0 Å². The summed E-state index contributed by atoms with van der Waals surface area (Å²) in [7, 11) is 0. The molecule has 0 aromatic rings. The summed E-state index contributed by atoms with van der Waals surface area (Å²) in [5.41, 5.74) is -0.00470. The van der Waals surface area contributed by atoms with E-state index in [0.29, 0.717) is 12.5 Å². The van der Waals surface area contributed by atoms with Gasteiger partial charge in [-0.25, -0.2) is 0 Å². The molecule has 2 unspecified atom stereocenters. The predicted molar refractivity (Wildman–Crippen MR) is 56.3 cm³/mol. The number of likely N-dealkylation sites (tertiary alicyclic amines) is 1. The first-order chi connectivity index (χ1) is 6.47. The molecular weight excluding hydrogens is 178 g/mol. The van der Waals surface area contributed by atoms with Gasteiger partial charge in [0.15, 0.2) is 0 Å². The van der Waals surface area contributed by atoms with Crippen LogP contribution in [0.1, 0.15) is 40.0 Å². The molecule has 3 heteroatoms. The second-order valence-corrected chi connectivity index (χ2v) is 4.86. The van der Waals surface area contributed by atoms with Crippen LogP contribution in [0.5, 0.6) is 0 Å². The second kappa shape index (κ2) is 4.30. The topological polar surface area (TPSA) is 40.5 Å². The van der Waals surface area contributed by atoms with Gasteiger partial charge < -0.3 is 10.0 Å². The molecule has 2 atom stereocenters. The number of hydrogen-bond donors (Lipinski definition) is 1. The molecule has 0 saturated carbocycles. The summed E-state index contributed by atoms with van der Waals surface area (Å²) in [5, 5.41) is 8.80. The van der Waals surface area contributed by atoms with E-state index in [4.69, 9.17) is 5.11 Å². The molecule has 14 heavy (non-hydrogen) atoms. The van der Waals surface area contributed by atoms with E-state index in [1.165, 1.54) is 0 Å². The lowest BCUT2D eigenvalue weighted by Gasteiger charge is -2.26. The van der Waals surface area contributed by atoms with E-state index in [2.05, 4.69) is 25.7 Å². The molecule has 1 rings (SSSR count). The van der Waals surface area contributed by atoms with Crippen LogP contribution in [0.4, 0.5) is 0 Å². The zero-order chi connectivity index (χ0) is 10.8. The number of aliphatic carboxylic acids is 1. The van der Waals surface area contributed by atoms with E-state index < -0.39 is 5.97 Å². The van der Waals surface area contributed by atoms with Gasteiger partial charge in [0.2, 0.25) is 0 Å². The van der Waals surface area contributed by atoms with E-state index in [-0.39, 0.29) is 5.41 Å². The third-order valence-corrected chi connectivity index (χ3v) is 3.38. The van der Waals surface area contributed by atoms with Crippen LogP contribution in [0.15, 0.2) is 0 Å². The lowest BCUT2D eigenvalue weighted by Crippen LogP contribution is -2.33. The smallest absolute Gasteiger partial charge is 0.303 e. The van der Waals surface area contributed by atoms with Crippen LogP contribution in [-0.2, 0) is 4.79 Å². The van der Waals surface area contributed by atoms with Crippen molar-refractivity contribution in [1.82, 2.24) is 4.90 Å². The molecule has 1 fully saturated rings. The average Bonchev–Trinajstić information content (AvgIpc) is 2.45. The minimum atomic E-state index is -0.668. The third kappa shape index (κ3) is 2.71. The standard InChI is InChI=1S/C11H21NO2/c1-4-9(2)12-6-5-11(3,8-12)7-10(13)14/h9H,4-8H2,1-3H3,(H,13,14). The Morgan fingerprint density at radius 2 is 2.29 bits per heavy atom. The fourth-order valence-corrected chi connectivity index (χ4v) is 2.21. The molecule has 1 heterocycles. The number of carboxylic acids is 1. The second-order valence-electron chi connectivity index (χ2n) is 4.86. The number of rotatable bonds is 4. The Kier molecular flexibility index (Phi) is 3.53. The zero-order valence-electron chi connectivity index (χ0n) is 9.42. The number of hydrogen-bond acceptors (Lipinski definition) is 2. The van der Waals surface area contributed by atoms with Crippen LogP contribution >= 0.6 is 0 Å². The van der Waals surface area contributed by atoms with E-state index in [0.717, 1.165) is 25.9 Å². The molecule has 82 valence electrons. The summed E-state index contributed by atoms with van der Waals surface area (Å²) in [6.45, 7) is 8.47. The normalized spacial score (nSPS) is 30.5. The van der Waals surface area contributed by atoms with Gasteiger partial charge in [0.05, 0.1) is 6.42 Å². The molecule has 1 N–H and O–H groups in total. The van der Waals surface area contributed by atoms with E-state index in [1.54, 1.807) is 0 Å². The fraction of sp³-hybridized carbons (Fsp3) is 0.909. The van der Waals surface area contributed by atoms with Crippen LogP contribution in [0.3, 0.4) is 0 Å². The first-order valence-electron chi connectivity index (χ1n) is 5.43. The maximum Gasteiger partial charge on any atom is 0.303 e. The van der Waals surface area contributed by atoms with Crippen molar-refractivity contribution in [2.45, 2.75) is 46.1 Å². The van der Waals surface area contributed by atoms with Gasteiger partial charge in [-0.05, 0) is 31.7 Å². The van der Waals surface area contributed by atoms with Gasteiger partial charge in [-0.1, -0.05) is 13.8 Å². The number of carboxylic acid groups (broad SMARTS) is 1. The highest BCUT2D eigenvalue weighted by Crippen LogP contribution is 2.34. The Balaban J connectivity index is 2.50. The molecule has 1 aliphatic heterocycles. The molecule has 1 aliphatic rings. The summed E-state index contributed by atoms with van der Waals surface area (Å²) >= 11 is 0. The fourth-order valence-electron chi connectivity index (χ4n) is 2.21. The molecule has 0 spiro atoms. The van der Waals surface area contributed by atoms with Crippen molar-refractivity contribution in [2.24, 2.45) is 5.41 Å². The zero-order valence-corrected chi connectivity index (χ0v) is 9.42. The van der Waals surface area contributed by atoms with Gasteiger partial charge in [-0.3, -0.25) is 4.79 Å². The quantitative estimate of drug-likeness (QED) is 0.752. The Morgan fingerprint density at radius 1 is 1.64 bits per heavy atom. The van der Waals surface area contributed by atoms with Crippen molar-refractivity contribution in [2.75, 3.05) is 13.1 Å². The molecule has 0 aromatic carbocycles. The molecule has 0 aliphatic carbocycles. The maximum absolute atomic E-state index is 10.7. The Morgan fingerprint density at radius 3 is 2.79 bits per heavy atom. The lowest BCUT2D eigenvalue weighted by atomic mass is 9.86. The van der Waals surface area contributed by atoms with Crippen molar-refractivity contribution in [1.29, 1.82) is 0 Å². The summed E-state index contributed by atoms with van der Waals surface area (Å²) in [6, 6.07) is 0.589. The summed E-state index contributed by atoms with van der Waals surface area (Å²) < 4.78 is 0. The monoisotopic (exact) mass is 199 g/mol. The minimum Gasteiger partial charge on any atom is -0.481 e. The van der Waals surface area contributed by atoms with Gasteiger partial charge in [0.25, 0.3) is 0 Å². The molecule has 0 aromatic heterocycles. The highest BCUT2D eigenvalue weighted by atomic mass is 16.4. The largest absolute Gasteiger partial charge is 0.481 e. The van der Waals surface area contributed by atoms with Crippen molar-refractivity contribution >= 4 is 5.97 Å². The molecular formula is C11H21NO2. The van der Waals surface area contributed by atoms with E-state index in [9.17, 15) is 4.79 Å². The molecule has 1 saturated heterocycles. The highest BCUT2D eigenvalue weighted by molar-refractivity contribution is 5.67. The maximum atomic E-state index is 10.7. The number of nitrogens with zero attached hydrogens (tertiary/aromatic N) is 1. The average molecular weight is 199 g/mol. The highest BCUT2D eigenvalue weighted by Gasteiger charge is 2.36. The van der Waals surface area contributed by atoms with Crippen molar-refractivity contribution in [3.05, 3.63) is 0 Å². The first-order valence-corrected chi connectivity index (χ1v) is 5.43. The SMILES string of the molecule is CCC(C)N1CCC(C)(CC(=O)O)C1. The molecule has 3 nitrogen and oxygen atoms in total. The lowest BCUT2D eigenvalue weighted by molar-refractivity contribution is -0.139. The van der Waals surface area contributed by atoms with Crippen LogP contribution in [0, 0.1) is 5.41 Å². The van der Waals surface area contributed by atoms with E-state index >= 15 is 0 Å². The van der Waals surface area contributed by atoms with Crippen molar-refractivity contribution < 1.29 is 9.90 Å². The van der Waals surface area contributed by atoms with E-state index in [1.807, 2.05) is 0 Å². The molecule has 0 radical (unpaired) electrons. The minimum absolute atomic E-state index is 0.00470. The van der Waals surface area contributed by atoms with Gasteiger partial charge in [-0.15, -0.1) is 0 Å². The van der Waals surface area contributed by atoms with Crippen LogP contribution in [0.25, 0.3) is 0 Å². The predicted octanol–water partition coefficient (Wildman–Crippen LogP) is 1.97. The summed E-state index contributed by atoms with van der Waals surface area (Å²) in [5.74, 6) is -0.668. The Labute approximate surface area is 86.1 Å². The van der Waals surface area contributed by atoms with Crippen molar-refractivity contribution in [3.8, 4) is 0 Å². The molecule has 0 amide bonds. The van der Waals surface area contributed by atoms with Gasteiger partial charge >= 0.3 is 5.97 Å². The third-order valence-electron chi connectivity index (χ3n) is 3.38. The summed E-state index contributed by atoms with van der Waals surface area (Å²) in [6.07, 6.45) is 2.47. The molecule has 0 bridgehead atoms. The number of carbonyl (C=O) groups is 1. The van der Waals surface area contributed by atoms with Gasteiger partial charge in [-0.2, -0.15) is 0 Å². The van der Waals surface area contributed by atoms with Crippen molar-refractivity contribution in [3.63, 3.8) is 0 Å². The van der Waals surface area contributed by atoms with Gasteiger partial charge in [0, 0.05) is 12.6 Å². The van der Waals surface area contributed by atoms with Crippen LogP contribution in [0.2, 0.25) is 0 Å². The Hall–Kier alpha value is -0.570.